The van der Waals surface area contributed by atoms with Crippen LogP contribution in [-0.4, -0.2) is 73.4 Å². The molecule has 112 valence electrons. The summed E-state index contributed by atoms with van der Waals surface area (Å²) in [5, 5.41) is 8.77. The van der Waals surface area contributed by atoms with E-state index in [1.54, 1.807) is 0 Å². The van der Waals surface area contributed by atoms with Gasteiger partial charge in [-0.3, -0.25) is 9.69 Å². The zero-order valence-corrected chi connectivity index (χ0v) is 12.1. The van der Waals surface area contributed by atoms with Crippen LogP contribution in [0.15, 0.2) is 0 Å². The van der Waals surface area contributed by atoms with E-state index in [4.69, 9.17) is 9.84 Å². The van der Waals surface area contributed by atoms with Crippen molar-refractivity contribution in [3.8, 4) is 0 Å². The average molecular weight is 272 g/mol. The molecule has 0 aliphatic carbocycles. The summed E-state index contributed by atoms with van der Waals surface area (Å²) in [5.74, 6) is -0.699. The number of ether oxygens (including phenoxy) is 1. The van der Waals surface area contributed by atoms with Gasteiger partial charge in [0.05, 0.1) is 19.6 Å². The molecule has 0 amide bonds. The maximum absolute atomic E-state index is 10.6. The second kappa shape index (κ2) is 10.2. The summed E-state index contributed by atoms with van der Waals surface area (Å²) in [5.41, 5.74) is 0. The number of nitrogens with zero attached hydrogens (tertiary/aromatic N) is 2. The van der Waals surface area contributed by atoms with Gasteiger partial charge < -0.3 is 14.7 Å². The molecule has 1 rings (SSSR count). The van der Waals surface area contributed by atoms with Crippen LogP contribution in [0, 0.1) is 0 Å². The monoisotopic (exact) mass is 272 g/mol. The van der Waals surface area contributed by atoms with Crippen LogP contribution in [0.25, 0.3) is 0 Å². The number of rotatable bonds is 10. The van der Waals surface area contributed by atoms with Gasteiger partial charge in [0.25, 0.3) is 0 Å². The number of aliphatic carboxylic acids is 1. The third-order valence-electron chi connectivity index (χ3n) is 3.52. The summed E-state index contributed by atoms with van der Waals surface area (Å²) in [4.78, 5) is 15.4. The van der Waals surface area contributed by atoms with Crippen LogP contribution in [0.4, 0.5) is 0 Å². The van der Waals surface area contributed by atoms with Crippen LogP contribution in [-0.2, 0) is 9.53 Å². The van der Waals surface area contributed by atoms with Crippen LogP contribution in [0.5, 0.6) is 0 Å². The number of hydrogen-bond acceptors (Lipinski definition) is 4. The topological polar surface area (TPSA) is 53.0 Å². The Kier molecular flexibility index (Phi) is 8.79. The molecule has 0 spiro atoms. The number of carbonyl (C=O) groups is 1. The van der Waals surface area contributed by atoms with Gasteiger partial charge >= 0.3 is 5.97 Å². The standard InChI is InChI=1S/C14H28N2O3/c1-2-3-6-15(9-5-14(17)18)7-4-8-16-10-12-19-13-11-16/h2-13H2,1H3,(H,17,18). The summed E-state index contributed by atoms with van der Waals surface area (Å²) < 4.78 is 5.33. The van der Waals surface area contributed by atoms with Crippen LogP contribution >= 0.6 is 0 Å². The summed E-state index contributed by atoms with van der Waals surface area (Å²) in [6.45, 7) is 9.73. The smallest absolute Gasteiger partial charge is 0.304 e. The highest BCUT2D eigenvalue weighted by atomic mass is 16.5. The largest absolute Gasteiger partial charge is 0.481 e. The lowest BCUT2D eigenvalue weighted by Gasteiger charge is -2.28. The van der Waals surface area contributed by atoms with Gasteiger partial charge in [0.2, 0.25) is 0 Å². The summed E-state index contributed by atoms with van der Waals surface area (Å²) in [6, 6.07) is 0. The van der Waals surface area contributed by atoms with E-state index in [0.29, 0.717) is 6.54 Å². The molecule has 0 atom stereocenters. The highest BCUT2D eigenvalue weighted by Gasteiger charge is 2.11. The van der Waals surface area contributed by atoms with Gasteiger partial charge in [0.1, 0.15) is 0 Å². The van der Waals surface area contributed by atoms with E-state index in [-0.39, 0.29) is 6.42 Å². The van der Waals surface area contributed by atoms with Gasteiger partial charge in [-0.25, -0.2) is 0 Å². The second-order valence-electron chi connectivity index (χ2n) is 5.15. The third-order valence-corrected chi connectivity index (χ3v) is 3.52. The number of morpholine rings is 1. The van der Waals surface area contributed by atoms with E-state index in [9.17, 15) is 4.79 Å². The number of carboxylic acid groups (broad SMARTS) is 1. The molecule has 0 radical (unpaired) electrons. The third kappa shape index (κ3) is 8.18. The van der Waals surface area contributed by atoms with Crippen LogP contribution in [0.3, 0.4) is 0 Å². The molecular formula is C14H28N2O3. The lowest BCUT2D eigenvalue weighted by molar-refractivity contribution is -0.137. The van der Waals surface area contributed by atoms with Crippen molar-refractivity contribution in [1.29, 1.82) is 0 Å². The molecule has 1 N–H and O–H groups in total. The Morgan fingerprint density at radius 2 is 1.89 bits per heavy atom. The molecule has 0 saturated carbocycles. The fraction of sp³-hybridized carbons (Fsp3) is 0.929. The first kappa shape index (κ1) is 16.4. The Hall–Kier alpha value is -0.650. The van der Waals surface area contributed by atoms with Gasteiger partial charge in [-0.2, -0.15) is 0 Å². The first-order chi connectivity index (χ1) is 9.22. The molecule has 0 unspecified atom stereocenters. The minimum absolute atomic E-state index is 0.251. The zero-order chi connectivity index (χ0) is 13.9. The van der Waals surface area contributed by atoms with E-state index in [1.165, 1.54) is 0 Å². The first-order valence-corrected chi connectivity index (χ1v) is 7.46. The van der Waals surface area contributed by atoms with Crippen LogP contribution in [0.1, 0.15) is 32.6 Å². The fourth-order valence-electron chi connectivity index (χ4n) is 2.31. The Bertz CT molecular complexity index is 243. The molecule has 1 fully saturated rings. The highest BCUT2D eigenvalue weighted by molar-refractivity contribution is 5.66. The minimum atomic E-state index is -0.699. The van der Waals surface area contributed by atoms with Crippen LogP contribution in [0.2, 0.25) is 0 Å². The SMILES string of the molecule is CCCCN(CCCN1CCOCC1)CCC(=O)O. The Balaban J connectivity index is 2.16. The molecule has 5 heteroatoms. The fourth-order valence-corrected chi connectivity index (χ4v) is 2.31. The lowest BCUT2D eigenvalue weighted by atomic mass is 10.2. The predicted molar refractivity (Wildman–Crippen MR) is 75.5 cm³/mol. The van der Waals surface area contributed by atoms with Gasteiger partial charge in [-0.05, 0) is 32.5 Å². The summed E-state index contributed by atoms with van der Waals surface area (Å²) >= 11 is 0. The summed E-state index contributed by atoms with van der Waals surface area (Å²) in [6.07, 6.45) is 3.68. The molecule has 0 aromatic heterocycles. The number of carboxylic acids is 1. The molecular weight excluding hydrogens is 244 g/mol. The zero-order valence-electron chi connectivity index (χ0n) is 12.1. The lowest BCUT2D eigenvalue weighted by Crippen LogP contribution is -2.38. The van der Waals surface area contributed by atoms with E-state index in [2.05, 4.69) is 16.7 Å². The quantitative estimate of drug-likeness (QED) is 0.649. The van der Waals surface area contributed by atoms with E-state index in [0.717, 1.165) is 65.2 Å². The molecule has 19 heavy (non-hydrogen) atoms. The molecule has 0 aromatic carbocycles. The van der Waals surface area contributed by atoms with Crippen molar-refractivity contribution in [3.05, 3.63) is 0 Å². The predicted octanol–water partition coefficient (Wildman–Crippen LogP) is 1.29. The normalized spacial score (nSPS) is 16.9. The van der Waals surface area contributed by atoms with Gasteiger partial charge in [-0.1, -0.05) is 13.3 Å². The van der Waals surface area contributed by atoms with Crippen molar-refractivity contribution in [2.24, 2.45) is 0 Å². The highest BCUT2D eigenvalue weighted by Crippen LogP contribution is 2.02. The van der Waals surface area contributed by atoms with Crippen molar-refractivity contribution in [3.63, 3.8) is 0 Å². The van der Waals surface area contributed by atoms with E-state index in [1.807, 2.05) is 0 Å². The minimum Gasteiger partial charge on any atom is -0.481 e. The molecule has 1 aliphatic heterocycles. The van der Waals surface area contributed by atoms with E-state index >= 15 is 0 Å². The maximum Gasteiger partial charge on any atom is 0.304 e. The Morgan fingerprint density at radius 3 is 2.53 bits per heavy atom. The van der Waals surface area contributed by atoms with Gasteiger partial charge in [0.15, 0.2) is 0 Å². The van der Waals surface area contributed by atoms with Crippen molar-refractivity contribution < 1.29 is 14.6 Å². The van der Waals surface area contributed by atoms with Crippen molar-refractivity contribution in [1.82, 2.24) is 9.80 Å². The van der Waals surface area contributed by atoms with Crippen molar-refractivity contribution >= 4 is 5.97 Å². The van der Waals surface area contributed by atoms with Crippen molar-refractivity contribution in [2.45, 2.75) is 32.6 Å². The first-order valence-electron chi connectivity index (χ1n) is 7.46. The average Bonchev–Trinajstić information content (AvgIpc) is 2.42. The number of unbranched alkanes of at least 4 members (excludes halogenated alkanes) is 1. The van der Waals surface area contributed by atoms with Crippen LogP contribution < -0.4 is 0 Å². The summed E-state index contributed by atoms with van der Waals surface area (Å²) in [7, 11) is 0. The van der Waals surface area contributed by atoms with Gasteiger partial charge in [-0.15, -0.1) is 0 Å². The molecule has 5 nitrogen and oxygen atoms in total. The molecule has 0 aromatic rings. The Morgan fingerprint density at radius 1 is 1.21 bits per heavy atom. The maximum atomic E-state index is 10.6. The number of hydrogen-bond donors (Lipinski definition) is 1. The Labute approximate surface area is 116 Å². The van der Waals surface area contributed by atoms with E-state index < -0.39 is 5.97 Å². The molecule has 1 aliphatic rings. The molecule has 1 saturated heterocycles. The molecule has 0 bridgehead atoms. The second-order valence-corrected chi connectivity index (χ2v) is 5.15. The van der Waals surface area contributed by atoms with Crippen molar-refractivity contribution in [2.75, 3.05) is 52.5 Å². The van der Waals surface area contributed by atoms with Gasteiger partial charge in [0, 0.05) is 19.6 Å². The molecule has 1 heterocycles.